The Balaban J connectivity index is 0.000000543. The molecule has 218 valence electrons. The van der Waals surface area contributed by atoms with E-state index in [9.17, 15) is 0 Å². The van der Waals surface area contributed by atoms with E-state index in [0.717, 1.165) is 34.9 Å². The molecular formula is C24H30Cl3N12Os-3. The van der Waals surface area contributed by atoms with Gasteiger partial charge in [0, 0.05) is 136 Å². The molecule has 6 aromatic heterocycles. The van der Waals surface area contributed by atoms with Crippen molar-refractivity contribution >= 4 is 0 Å². The Hall–Kier alpha value is -3.23. The van der Waals surface area contributed by atoms with Crippen LogP contribution in [0, 0.1) is 0 Å². The van der Waals surface area contributed by atoms with Gasteiger partial charge in [-0.15, -0.1) is 0 Å². The first-order valence-electron chi connectivity index (χ1n) is 11.2. The Kier molecular flexibility index (Phi) is 15.4. The summed E-state index contributed by atoms with van der Waals surface area (Å²) in [7, 11) is 11.7. The fourth-order valence-corrected chi connectivity index (χ4v) is 3.49. The van der Waals surface area contributed by atoms with Gasteiger partial charge in [0.2, 0.25) is 0 Å². The van der Waals surface area contributed by atoms with Crippen LogP contribution >= 0.6 is 0 Å². The second-order valence-corrected chi connectivity index (χ2v) is 8.17. The van der Waals surface area contributed by atoms with Crippen molar-refractivity contribution in [2.75, 3.05) is 0 Å². The van der Waals surface area contributed by atoms with Crippen LogP contribution in [0.4, 0.5) is 0 Å². The minimum atomic E-state index is 0. The van der Waals surface area contributed by atoms with Crippen molar-refractivity contribution in [1.82, 2.24) is 57.3 Å². The van der Waals surface area contributed by atoms with Gasteiger partial charge in [0.15, 0.2) is 34.9 Å². The van der Waals surface area contributed by atoms with E-state index in [1.807, 2.05) is 107 Å². The van der Waals surface area contributed by atoms with Crippen LogP contribution in [-0.2, 0) is 62.1 Å². The van der Waals surface area contributed by atoms with E-state index in [4.69, 9.17) is 0 Å². The van der Waals surface area contributed by atoms with Crippen LogP contribution < -0.4 is 37.2 Å². The monoisotopic (exact) mass is 783 g/mol. The molecule has 0 aliphatic heterocycles. The van der Waals surface area contributed by atoms with Crippen LogP contribution in [0.1, 0.15) is 0 Å². The van der Waals surface area contributed by atoms with Gasteiger partial charge in [-0.05, 0) is 0 Å². The van der Waals surface area contributed by atoms with Crippen molar-refractivity contribution in [2.45, 2.75) is 0 Å². The Labute approximate surface area is 264 Å². The second-order valence-electron chi connectivity index (χ2n) is 8.17. The number of aromatic nitrogens is 12. The molecule has 0 saturated heterocycles. The summed E-state index contributed by atoms with van der Waals surface area (Å²) in [5.74, 6) is 5.35. The molecule has 0 atom stereocenters. The zero-order chi connectivity index (χ0) is 25.7. The van der Waals surface area contributed by atoms with Crippen molar-refractivity contribution in [3.8, 4) is 34.9 Å². The van der Waals surface area contributed by atoms with Crippen molar-refractivity contribution < 1.29 is 57.0 Å². The molecule has 0 aliphatic carbocycles. The maximum atomic E-state index is 4.20. The standard InChI is InChI=1S/3C8H10N4.3ClH.Os/c3*1-11-5-3-9-7(11)8-10-4-6-12(8)2;;;;/h3*3-6H,1-2H3;3*1H;/p-3. The fraction of sp³-hybridized carbons (Fsp3) is 0.250. The zero-order valence-electron chi connectivity index (χ0n) is 22.8. The summed E-state index contributed by atoms with van der Waals surface area (Å²) >= 11 is 0. The topological polar surface area (TPSA) is 107 Å². The van der Waals surface area contributed by atoms with Crippen molar-refractivity contribution in [3.05, 3.63) is 74.4 Å². The average molecular weight is 783 g/mol. The molecule has 12 nitrogen and oxygen atoms in total. The van der Waals surface area contributed by atoms with Gasteiger partial charge >= 0.3 is 0 Å². The molecule has 0 N–H and O–H groups in total. The van der Waals surface area contributed by atoms with E-state index in [2.05, 4.69) is 29.9 Å². The van der Waals surface area contributed by atoms with Gasteiger partial charge in [0.1, 0.15) is 0 Å². The number of aryl methyl sites for hydroxylation is 6. The number of halogens is 3. The number of nitrogens with zero attached hydrogens (tertiary/aromatic N) is 12. The molecule has 40 heavy (non-hydrogen) atoms. The predicted molar refractivity (Wildman–Crippen MR) is 136 cm³/mol. The summed E-state index contributed by atoms with van der Waals surface area (Å²) in [6.07, 6.45) is 22.0. The maximum Gasteiger partial charge on any atom is 0.176 e. The first kappa shape index (κ1) is 36.8. The molecule has 6 heterocycles. The third-order valence-electron chi connectivity index (χ3n) is 5.53. The van der Waals surface area contributed by atoms with Gasteiger partial charge in [0.25, 0.3) is 0 Å². The zero-order valence-corrected chi connectivity index (χ0v) is 27.6. The van der Waals surface area contributed by atoms with Gasteiger partial charge < -0.3 is 64.6 Å². The van der Waals surface area contributed by atoms with E-state index < -0.39 is 0 Å². The first-order valence-corrected chi connectivity index (χ1v) is 11.2. The van der Waals surface area contributed by atoms with Gasteiger partial charge in [-0.25, -0.2) is 29.9 Å². The van der Waals surface area contributed by atoms with E-state index in [1.54, 1.807) is 37.2 Å². The molecule has 16 heteroatoms. The SMILES string of the molecule is Cn1ccnc1-c1nccn1C.Cn1ccnc1-c1nccn1C.Cn1ccnc1-c1nccn1C.[Cl-].[Cl-].[Cl-].[Os]. The molecule has 0 unspecified atom stereocenters. The molecule has 0 spiro atoms. The number of hydrogen-bond acceptors (Lipinski definition) is 6. The van der Waals surface area contributed by atoms with E-state index in [0.29, 0.717) is 0 Å². The molecule has 6 aromatic rings. The Morgan fingerprint density at radius 3 is 0.525 bits per heavy atom. The first-order chi connectivity index (χ1) is 17.4. The van der Waals surface area contributed by atoms with Gasteiger partial charge in [0.05, 0.1) is 0 Å². The minimum absolute atomic E-state index is 0. The smallest absolute Gasteiger partial charge is 0.176 e. The van der Waals surface area contributed by atoms with Gasteiger partial charge in [-0.1, -0.05) is 0 Å². The predicted octanol–water partition coefficient (Wildman–Crippen LogP) is -6.53. The maximum absolute atomic E-state index is 4.20. The molecule has 0 amide bonds. The summed E-state index contributed by atoms with van der Waals surface area (Å²) in [6, 6.07) is 0. The molecule has 0 aromatic carbocycles. The second kappa shape index (κ2) is 16.8. The van der Waals surface area contributed by atoms with Crippen LogP contribution in [-0.4, -0.2) is 57.3 Å². The number of rotatable bonds is 3. The molecule has 0 saturated carbocycles. The Morgan fingerprint density at radius 2 is 0.450 bits per heavy atom. The summed E-state index contributed by atoms with van der Waals surface area (Å²) in [5, 5.41) is 0. The molecular weight excluding hydrogens is 753 g/mol. The largest absolute Gasteiger partial charge is 1.00 e. The average Bonchev–Trinajstić information content (AvgIpc) is 3.67. The summed E-state index contributed by atoms with van der Waals surface area (Å²) in [5.41, 5.74) is 0. The normalized spacial score (nSPS) is 9.45. The molecule has 0 radical (unpaired) electrons. The molecule has 0 fully saturated rings. The van der Waals surface area contributed by atoms with Crippen molar-refractivity contribution in [3.63, 3.8) is 0 Å². The van der Waals surface area contributed by atoms with Gasteiger partial charge in [-0.2, -0.15) is 0 Å². The third kappa shape index (κ3) is 8.38. The van der Waals surface area contributed by atoms with Crippen molar-refractivity contribution in [1.29, 1.82) is 0 Å². The minimum Gasteiger partial charge on any atom is -1.00 e. The summed E-state index contributed by atoms with van der Waals surface area (Å²) < 4.78 is 11.7. The summed E-state index contributed by atoms with van der Waals surface area (Å²) in [6.45, 7) is 0. The third-order valence-corrected chi connectivity index (χ3v) is 5.53. The number of imidazole rings is 6. The quantitative estimate of drug-likeness (QED) is 0.177. The Bertz CT molecular complexity index is 1240. The van der Waals surface area contributed by atoms with Crippen LogP contribution in [0.3, 0.4) is 0 Å². The summed E-state index contributed by atoms with van der Waals surface area (Å²) in [4.78, 5) is 25.2. The molecule has 0 aliphatic rings. The molecule has 0 bridgehead atoms. The van der Waals surface area contributed by atoms with Crippen LogP contribution in [0.5, 0.6) is 0 Å². The van der Waals surface area contributed by atoms with Crippen LogP contribution in [0.25, 0.3) is 34.9 Å². The van der Waals surface area contributed by atoms with Gasteiger partial charge in [-0.3, -0.25) is 0 Å². The van der Waals surface area contributed by atoms with Crippen LogP contribution in [0.2, 0.25) is 0 Å². The number of hydrogen-bond donors (Lipinski definition) is 0. The van der Waals surface area contributed by atoms with E-state index in [1.165, 1.54) is 0 Å². The van der Waals surface area contributed by atoms with E-state index >= 15 is 0 Å². The van der Waals surface area contributed by atoms with E-state index in [-0.39, 0.29) is 57.0 Å². The fourth-order valence-electron chi connectivity index (χ4n) is 3.49. The van der Waals surface area contributed by atoms with Crippen molar-refractivity contribution in [2.24, 2.45) is 42.3 Å². The van der Waals surface area contributed by atoms with Crippen LogP contribution in [0.15, 0.2) is 74.4 Å². The Morgan fingerprint density at radius 1 is 0.325 bits per heavy atom. The molecule has 6 rings (SSSR count).